The molecule has 0 radical (unpaired) electrons. The van der Waals surface area contributed by atoms with Crippen molar-refractivity contribution >= 4 is 17.2 Å². The Morgan fingerprint density at radius 2 is 2.38 bits per heavy atom. The number of hydrogen-bond donors (Lipinski definition) is 1. The summed E-state index contributed by atoms with van der Waals surface area (Å²) in [5.41, 5.74) is 8.41. The fourth-order valence-corrected chi connectivity index (χ4v) is 3.44. The van der Waals surface area contributed by atoms with Crippen molar-refractivity contribution in [2.24, 2.45) is 5.73 Å². The highest BCUT2D eigenvalue weighted by atomic mass is 32.1. The van der Waals surface area contributed by atoms with Crippen molar-refractivity contribution in [2.75, 3.05) is 13.1 Å². The highest BCUT2D eigenvalue weighted by Gasteiger charge is 2.28. The molecule has 2 heterocycles. The standard InChI is InChI=1S/C16H19N3OS/c1-11-18-15(10-21-11)12-4-2-5-13(8-12)16(20)19-7-3-6-14(19)9-17/h2,4-5,8,10,14H,3,6-7,9,17H2,1H3. The van der Waals surface area contributed by atoms with E-state index in [-0.39, 0.29) is 11.9 Å². The van der Waals surface area contributed by atoms with Gasteiger partial charge >= 0.3 is 0 Å². The highest BCUT2D eigenvalue weighted by Crippen LogP contribution is 2.24. The van der Waals surface area contributed by atoms with E-state index in [1.54, 1.807) is 11.3 Å². The second-order valence-corrected chi connectivity index (χ2v) is 6.43. The van der Waals surface area contributed by atoms with Crippen LogP contribution in [0.5, 0.6) is 0 Å². The lowest BCUT2D eigenvalue weighted by Gasteiger charge is -2.23. The van der Waals surface area contributed by atoms with Gasteiger partial charge in [-0.2, -0.15) is 0 Å². The summed E-state index contributed by atoms with van der Waals surface area (Å²) in [4.78, 5) is 19.0. The van der Waals surface area contributed by atoms with Gasteiger partial charge in [-0.25, -0.2) is 4.98 Å². The number of hydrogen-bond acceptors (Lipinski definition) is 4. The molecule has 1 fully saturated rings. The zero-order valence-corrected chi connectivity index (χ0v) is 12.9. The molecule has 2 aromatic rings. The van der Waals surface area contributed by atoms with E-state index in [2.05, 4.69) is 4.98 Å². The normalized spacial score (nSPS) is 18.2. The van der Waals surface area contributed by atoms with Gasteiger partial charge in [-0.05, 0) is 31.9 Å². The van der Waals surface area contributed by atoms with Gasteiger partial charge in [0.25, 0.3) is 5.91 Å². The van der Waals surface area contributed by atoms with Gasteiger partial charge in [-0.1, -0.05) is 12.1 Å². The number of amides is 1. The van der Waals surface area contributed by atoms with Crippen LogP contribution in [0.15, 0.2) is 29.6 Å². The van der Waals surface area contributed by atoms with Gasteiger partial charge in [0.05, 0.1) is 10.7 Å². The van der Waals surface area contributed by atoms with Gasteiger partial charge in [0.15, 0.2) is 0 Å². The zero-order chi connectivity index (χ0) is 14.8. The average Bonchev–Trinajstić information content (AvgIpc) is 3.15. The lowest BCUT2D eigenvalue weighted by Crippen LogP contribution is -2.39. The summed E-state index contributed by atoms with van der Waals surface area (Å²) >= 11 is 1.62. The molecule has 1 unspecified atom stereocenters. The van der Waals surface area contributed by atoms with Crippen LogP contribution in [0.2, 0.25) is 0 Å². The van der Waals surface area contributed by atoms with E-state index >= 15 is 0 Å². The molecule has 1 saturated heterocycles. The van der Waals surface area contributed by atoms with E-state index in [1.165, 1.54) is 0 Å². The summed E-state index contributed by atoms with van der Waals surface area (Å²) < 4.78 is 0. The number of carbonyl (C=O) groups is 1. The third kappa shape index (κ3) is 2.84. The van der Waals surface area contributed by atoms with Crippen LogP contribution in [-0.4, -0.2) is 34.9 Å². The molecule has 3 rings (SSSR count). The van der Waals surface area contributed by atoms with Gasteiger partial charge in [-0.3, -0.25) is 4.79 Å². The minimum absolute atomic E-state index is 0.0803. The predicted octanol–water partition coefficient (Wildman–Crippen LogP) is 2.68. The number of aromatic nitrogens is 1. The van der Waals surface area contributed by atoms with Crippen LogP contribution in [0, 0.1) is 6.92 Å². The lowest BCUT2D eigenvalue weighted by molar-refractivity contribution is 0.0741. The summed E-state index contributed by atoms with van der Waals surface area (Å²) in [6.45, 7) is 3.33. The molecule has 1 atom stereocenters. The molecule has 0 saturated carbocycles. The van der Waals surface area contributed by atoms with Crippen molar-refractivity contribution in [3.63, 3.8) is 0 Å². The molecule has 1 aliphatic heterocycles. The molecule has 5 heteroatoms. The van der Waals surface area contributed by atoms with Crippen molar-refractivity contribution in [3.8, 4) is 11.3 Å². The molecule has 1 aromatic carbocycles. The summed E-state index contributed by atoms with van der Waals surface area (Å²) in [5.74, 6) is 0.0803. The van der Waals surface area contributed by atoms with Gasteiger partial charge in [0.2, 0.25) is 0 Å². The van der Waals surface area contributed by atoms with Crippen molar-refractivity contribution in [1.82, 2.24) is 9.88 Å². The summed E-state index contributed by atoms with van der Waals surface area (Å²) in [7, 11) is 0. The van der Waals surface area contributed by atoms with E-state index in [9.17, 15) is 4.79 Å². The first-order chi connectivity index (χ1) is 10.2. The number of rotatable bonds is 3. The zero-order valence-electron chi connectivity index (χ0n) is 12.1. The largest absolute Gasteiger partial charge is 0.334 e. The van der Waals surface area contributed by atoms with Gasteiger partial charge in [-0.15, -0.1) is 11.3 Å². The van der Waals surface area contributed by atoms with Gasteiger partial charge < -0.3 is 10.6 Å². The van der Waals surface area contributed by atoms with Crippen molar-refractivity contribution in [3.05, 3.63) is 40.2 Å². The molecule has 110 valence electrons. The average molecular weight is 301 g/mol. The topological polar surface area (TPSA) is 59.2 Å². The van der Waals surface area contributed by atoms with Crippen LogP contribution >= 0.6 is 11.3 Å². The maximum atomic E-state index is 12.7. The monoisotopic (exact) mass is 301 g/mol. The number of nitrogens with zero attached hydrogens (tertiary/aromatic N) is 2. The Morgan fingerprint density at radius 1 is 1.52 bits per heavy atom. The molecule has 0 bridgehead atoms. The first kappa shape index (κ1) is 14.2. The fraction of sp³-hybridized carbons (Fsp3) is 0.375. The first-order valence-corrected chi connectivity index (χ1v) is 8.10. The van der Waals surface area contributed by atoms with Crippen LogP contribution in [-0.2, 0) is 0 Å². The first-order valence-electron chi connectivity index (χ1n) is 7.22. The maximum Gasteiger partial charge on any atom is 0.254 e. The molecule has 4 nitrogen and oxygen atoms in total. The summed E-state index contributed by atoms with van der Waals surface area (Å²) in [6.07, 6.45) is 2.05. The second-order valence-electron chi connectivity index (χ2n) is 5.36. The van der Waals surface area contributed by atoms with Crippen LogP contribution < -0.4 is 5.73 Å². The lowest BCUT2D eigenvalue weighted by atomic mass is 10.1. The number of likely N-dealkylation sites (tertiary alicyclic amines) is 1. The van der Waals surface area contributed by atoms with Crippen LogP contribution in [0.3, 0.4) is 0 Å². The Labute approximate surface area is 128 Å². The van der Waals surface area contributed by atoms with E-state index in [0.29, 0.717) is 6.54 Å². The SMILES string of the molecule is Cc1nc(-c2cccc(C(=O)N3CCCC3CN)c2)cs1. The number of aryl methyl sites for hydroxylation is 1. The van der Waals surface area contributed by atoms with E-state index in [0.717, 1.165) is 41.2 Å². The minimum atomic E-state index is 0.0803. The smallest absolute Gasteiger partial charge is 0.254 e. The Hall–Kier alpha value is -1.72. The molecule has 2 N–H and O–H groups in total. The molecule has 21 heavy (non-hydrogen) atoms. The van der Waals surface area contributed by atoms with Crippen LogP contribution in [0.4, 0.5) is 0 Å². The second kappa shape index (κ2) is 5.95. The van der Waals surface area contributed by atoms with E-state index in [1.807, 2.05) is 41.5 Å². The Bertz CT molecular complexity index is 652. The predicted molar refractivity (Wildman–Crippen MR) is 85.4 cm³/mol. The molecular formula is C16H19N3OS. The minimum Gasteiger partial charge on any atom is -0.334 e. The molecular weight excluding hydrogens is 282 g/mol. The Kier molecular flexibility index (Phi) is 4.03. The molecule has 0 aliphatic carbocycles. The maximum absolute atomic E-state index is 12.7. The molecule has 1 aliphatic rings. The van der Waals surface area contributed by atoms with Gasteiger partial charge in [0.1, 0.15) is 0 Å². The van der Waals surface area contributed by atoms with Crippen LogP contribution in [0.25, 0.3) is 11.3 Å². The molecule has 1 aromatic heterocycles. The Morgan fingerprint density at radius 3 is 3.10 bits per heavy atom. The van der Waals surface area contributed by atoms with Crippen molar-refractivity contribution in [1.29, 1.82) is 0 Å². The summed E-state index contributed by atoms with van der Waals surface area (Å²) in [5, 5.41) is 3.06. The van der Waals surface area contributed by atoms with Crippen molar-refractivity contribution in [2.45, 2.75) is 25.8 Å². The van der Waals surface area contributed by atoms with E-state index < -0.39 is 0 Å². The number of nitrogens with two attached hydrogens (primary N) is 1. The quantitative estimate of drug-likeness (QED) is 0.948. The van der Waals surface area contributed by atoms with E-state index in [4.69, 9.17) is 5.73 Å². The highest BCUT2D eigenvalue weighted by molar-refractivity contribution is 7.09. The van der Waals surface area contributed by atoms with Crippen LogP contribution in [0.1, 0.15) is 28.2 Å². The third-order valence-corrected chi connectivity index (χ3v) is 4.71. The van der Waals surface area contributed by atoms with Gasteiger partial charge in [0, 0.05) is 35.6 Å². The number of thiazole rings is 1. The number of carbonyl (C=O) groups excluding carboxylic acids is 1. The van der Waals surface area contributed by atoms with Crippen molar-refractivity contribution < 1.29 is 4.79 Å². The molecule has 0 spiro atoms. The summed E-state index contributed by atoms with van der Waals surface area (Å²) in [6, 6.07) is 7.91. The fourth-order valence-electron chi connectivity index (χ4n) is 2.82. The molecule has 1 amide bonds. The third-order valence-electron chi connectivity index (χ3n) is 3.93. The number of benzene rings is 1. The Balaban J connectivity index is 1.87.